The minimum Gasteiger partial charge on any atom is -0.352 e. The van der Waals surface area contributed by atoms with Gasteiger partial charge >= 0.3 is 0 Å². The summed E-state index contributed by atoms with van der Waals surface area (Å²) in [5.41, 5.74) is 1.91. The molecular formula is C22H35N3O2. The number of hydrogen-bond donors (Lipinski definition) is 2. The third-order valence-corrected chi connectivity index (χ3v) is 5.29. The third kappa shape index (κ3) is 6.65. The summed E-state index contributed by atoms with van der Waals surface area (Å²) < 4.78 is 0. The lowest BCUT2D eigenvalue weighted by Gasteiger charge is -2.32. The summed E-state index contributed by atoms with van der Waals surface area (Å²) >= 11 is 0. The highest BCUT2D eigenvalue weighted by atomic mass is 16.2. The first-order valence-corrected chi connectivity index (χ1v) is 10.2. The van der Waals surface area contributed by atoms with Gasteiger partial charge in [0.05, 0.1) is 0 Å². The van der Waals surface area contributed by atoms with Crippen molar-refractivity contribution >= 4 is 11.8 Å². The molecule has 2 rings (SSSR count). The van der Waals surface area contributed by atoms with Crippen LogP contribution in [0.3, 0.4) is 0 Å². The lowest BCUT2D eigenvalue weighted by molar-refractivity contribution is -0.132. The van der Waals surface area contributed by atoms with E-state index in [0.29, 0.717) is 24.4 Å². The standard InChI is InChI=1S/C22H35N3O2/c1-5-23-16-17-11-14-25(15-12-17)20(26)10-13-24-21(27)18-6-8-19(9-7-18)22(2,3)4/h6-9,17,23H,5,10-16H2,1-4H3,(H,24,27). The molecule has 0 spiro atoms. The molecule has 0 bridgehead atoms. The molecule has 0 aliphatic carbocycles. The van der Waals surface area contributed by atoms with Gasteiger partial charge in [0.1, 0.15) is 0 Å². The van der Waals surface area contributed by atoms with Crippen LogP contribution in [0.1, 0.15) is 62.9 Å². The largest absolute Gasteiger partial charge is 0.352 e. The van der Waals surface area contributed by atoms with Gasteiger partial charge in [0.25, 0.3) is 5.91 Å². The number of benzene rings is 1. The van der Waals surface area contributed by atoms with Crippen LogP contribution >= 0.6 is 0 Å². The lowest BCUT2D eigenvalue weighted by Crippen LogP contribution is -2.41. The van der Waals surface area contributed by atoms with E-state index in [4.69, 9.17) is 0 Å². The van der Waals surface area contributed by atoms with E-state index in [1.54, 1.807) is 0 Å². The number of likely N-dealkylation sites (tertiary alicyclic amines) is 1. The Morgan fingerprint density at radius 3 is 2.30 bits per heavy atom. The highest BCUT2D eigenvalue weighted by molar-refractivity contribution is 5.94. The van der Waals surface area contributed by atoms with Crippen LogP contribution in [0.15, 0.2) is 24.3 Å². The van der Waals surface area contributed by atoms with Crippen LogP contribution in [-0.2, 0) is 10.2 Å². The van der Waals surface area contributed by atoms with E-state index >= 15 is 0 Å². The van der Waals surface area contributed by atoms with Gasteiger partial charge in [0, 0.05) is 31.6 Å². The highest BCUT2D eigenvalue weighted by Gasteiger charge is 2.22. The molecule has 0 saturated carbocycles. The first-order valence-electron chi connectivity index (χ1n) is 10.2. The molecule has 1 aromatic rings. The quantitative estimate of drug-likeness (QED) is 0.772. The first-order chi connectivity index (χ1) is 12.8. The molecule has 1 fully saturated rings. The Labute approximate surface area is 163 Å². The second-order valence-electron chi connectivity index (χ2n) is 8.47. The number of carbonyl (C=O) groups is 2. The molecular weight excluding hydrogens is 338 g/mol. The normalized spacial score (nSPS) is 15.6. The summed E-state index contributed by atoms with van der Waals surface area (Å²) in [6.45, 7) is 12.7. The average Bonchev–Trinajstić information content (AvgIpc) is 2.66. The highest BCUT2D eigenvalue weighted by Crippen LogP contribution is 2.22. The fourth-order valence-electron chi connectivity index (χ4n) is 3.40. The molecule has 5 heteroatoms. The number of rotatable bonds is 7. The molecule has 2 amide bonds. The van der Waals surface area contributed by atoms with Crippen molar-refractivity contribution in [3.05, 3.63) is 35.4 Å². The Bertz CT molecular complexity index is 611. The molecule has 2 N–H and O–H groups in total. The van der Waals surface area contributed by atoms with Crippen LogP contribution in [-0.4, -0.2) is 49.4 Å². The van der Waals surface area contributed by atoms with E-state index in [0.717, 1.165) is 39.0 Å². The van der Waals surface area contributed by atoms with Gasteiger partial charge in [-0.2, -0.15) is 0 Å². The molecule has 0 aromatic heterocycles. The van der Waals surface area contributed by atoms with Gasteiger partial charge in [-0.25, -0.2) is 0 Å². The molecule has 0 unspecified atom stereocenters. The van der Waals surface area contributed by atoms with Crippen molar-refractivity contribution in [1.29, 1.82) is 0 Å². The zero-order chi connectivity index (χ0) is 19.9. The molecule has 1 aliphatic rings. The van der Waals surface area contributed by atoms with Crippen LogP contribution in [0.4, 0.5) is 0 Å². The smallest absolute Gasteiger partial charge is 0.251 e. The maximum Gasteiger partial charge on any atom is 0.251 e. The number of nitrogens with zero attached hydrogens (tertiary/aromatic N) is 1. The maximum atomic E-state index is 12.4. The number of amides is 2. The second kappa shape index (κ2) is 9.88. The molecule has 1 saturated heterocycles. The Morgan fingerprint density at radius 2 is 1.74 bits per heavy atom. The molecule has 27 heavy (non-hydrogen) atoms. The maximum absolute atomic E-state index is 12.4. The zero-order valence-electron chi connectivity index (χ0n) is 17.3. The Hall–Kier alpha value is -1.88. The summed E-state index contributed by atoms with van der Waals surface area (Å²) in [5.74, 6) is 0.692. The summed E-state index contributed by atoms with van der Waals surface area (Å²) in [5, 5.41) is 6.25. The van der Waals surface area contributed by atoms with Crippen LogP contribution in [0, 0.1) is 5.92 Å². The fraction of sp³-hybridized carbons (Fsp3) is 0.636. The predicted octanol–water partition coefficient (Wildman–Crippen LogP) is 2.95. The fourth-order valence-corrected chi connectivity index (χ4v) is 3.40. The second-order valence-corrected chi connectivity index (χ2v) is 8.47. The summed E-state index contributed by atoms with van der Waals surface area (Å²) in [4.78, 5) is 26.6. The summed E-state index contributed by atoms with van der Waals surface area (Å²) in [7, 11) is 0. The minimum atomic E-state index is -0.118. The summed E-state index contributed by atoms with van der Waals surface area (Å²) in [6, 6.07) is 7.70. The van der Waals surface area contributed by atoms with Crippen LogP contribution in [0.2, 0.25) is 0 Å². The zero-order valence-corrected chi connectivity index (χ0v) is 17.3. The molecule has 5 nitrogen and oxygen atoms in total. The predicted molar refractivity (Wildman–Crippen MR) is 110 cm³/mol. The average molecular weight is 374 g/mol. The van der Waals surface area contributed by atoms with Gasteiger partial charge in [-0.1, -0.05) is 39.8 Å². The summed E-state index contributed by atoms with van der Waals surface area (Å²) in [6.07, 6.45) is 2.49. The number of nitrogens with one attached hydrogen (secondary N) is 2. The number of piperidine rings is 1. The topological polar surface area (TPSA) is 61.4 Å². The van der Waals surface area contributed by atoms with E-state index in [2.05, 4.69) is 38.3 Å². The van der Waals surface area contributed by atoms with E-state index in [1.165, 1.54) is 5.56 Å². The van der Waals surface area contributed by atoms with Crippen molar-refractivity contribution in [2.24, 2.45) is 5.92 Å². The first kappa shape index (κ1) is 21.4. The van der Waals surface area contributed by atoms with E-state index < -0.39 is 0 Å². The van der Waals surface area contributed by atoms with Gasteiger partial charge in [-0.05, 0) is 55.0 Å². The van der Waals surface area contributed by atoms with Crippen molar-refractivity contribution in [3.63, 3.8) is 0 Å². The van der Waals surface area contributed by atoms with Crippen molar-refractivity contribution in [1.82, 2.24) is 15.5 Å². The van der Waals surface area contributed by atoms with Crippen molar-refractivity contribution < 1.29 is 9.59 Å². The van der Waals surface area contributed by atoms with Crippen molar-refractivity contribution in [3.8, 4) is 0 Å². The molecule has 0 atom stereocenters. The van der Waals surface area contributed by atoms with E-state index in [-0.39, 0.29) is 17.2 Å². The molecule has 150 valence electrons. The van der Waals surface area contributed by atoms with Crippen molar-refractivity contribution in [2.75, 3.05) is 32.7 Å². The van der Waals surface area contributed by atoms with Crippen LogP contribution in [0.25, 0.3) is 0 Å². The minimum absolute atomic E-state index is 0.0709. The van der Waals surface area contributed by atoms with E-state index in [9.17, 15) is 9.59 Å². The van der Waals surface area contributed by atoms with Gasteiger partial charge in [0.2, 0.25) is 5.91 Å². The number of carbonyl (C=O) groups excluding carboxylic acids is 2. The monoisotopic (exact) mass is 373 g/mol. The van der Waals surface area contributed by atoms with E-state index in [1.807, 2.05) is 29.2 Å². The van der Waals surface area contributed by atoms with Gasteiger partial charge < -0.3 is 15.5 Å². The Kier molecular flexibility index (Phi) is 7.84. The van der Waals surface area contributed by atoms with Gasteiger partial charge in [0.15, 0.2) is 0 Å². The molecule has 0 radical (unpaired) electrons. The van der Waals surface area contributed by atoms with Gasteiger partial charge in [-0.15, -0.1) is 0 Å². The van der Waals surface area contributed by atoms with Gasteiger partial charge in [-0.3, -0.25) is 9.59 Å². The Morgan fingerprint density at radius 1 is 1.11 bits per heavy atom. The molecule has 1 heterocycles. The molecule has 1 aliphatic heterocycles. The van der Waals surface area contributed by atoms with Crippen LogP contribution < -0.4 is 10.6 Å². The van der Waals surface area contributed by atoms with Crippen molar-refractivity contribution in [2.45, 2.75) is 52.4 Å². The van der Waals surface area contributed by atoms with Crippen LogP contribution in [0.5, 0.6) is 0 Å². The SMILES string of the molecule is CCNCC1CCN(C(=O)CCNC(=O)c2ccc(C(C)(C)C)cc2)CC1. The lowest BCUT2D eigenvalue weighted by atomic mass is 9.87. The number of hydrogen-bond acceptors (Lipinski definition) is 3. The third-order valence-electron chi connectivity index (χ3n) is 5.29. The Balaban J connectivity index is 1.71. The molecule has 1 aromatic carbocycles.